The van der Waals surface area contributed by atoms with Crippen molar-refractivity contribution in [2.24, 2.45) is 0 Å². The van der Waals surface area contributed by atoms with E-state index in [1.54, 1.807) is 24.3 Å². The average molecular weight is 339 g/mol. The summed E-state index contributed by atoms with van der Waals surface area (Å²) in [5, 5.41) is 0. The van der Waals surface area contributed by atoms with Gasteiger partial charge >= 0.3 is 0 Å². The van der Waals surface area contributed by atoms with Crippen LogP contribution >= 0.6 is 0 Å². The molecule has 0 spiro atoms. The van der Waals surface area contributed by atoms with Gasteiger partial charge in [-0.3, -0.25) is 9.69 Å². The fraction of sp³-hybridized carbons (Fsp3) is 0.190. The van der Waals surface area contributed by atoms with Crippen LogP contribution < -0.4 is 4.74 Å². The van der Waals surface area contributed by atoms with E-state index in [0.29, 0.717) is 23.5 Å². The lowest BCUT2D eigenvalue weighted by atomic mass is 10.0. The first-order chi connectivity index (χ1) is 12.1. The van der Waals surface area contributed by atoms with Crippen LogP contribution in [0.1, 0.15) is 15.9 Å². The van der Waals surface area contributed by atoms with E-state index in [0.717, 1.165) is 13.1 Å². The van der Waals surface area contributed by atoms with Gasteiger partial charge in [0.25, 0.3) is 0 Å². The number of hydrogen-bond acceptors (Lipinski definition) is 3. The molecule has 2 rings (SSSR count). The summed E-state index contributed by atoms with van der Waals surface area (Å²) in [6, 6.07) is 12.5. The predicted octanol–water partition coefficient (Wildman–Crippen LogP) is 4.11. The fourth-order valence-corrected chi connectivity index (χ4v) is 2.23. The second-order valence-corrected chi connectivity index (χ2v) is 5.65. The molecule has 25 heavy (non-hydrogen) atoms. The van der Waals surface area contributed by atoms with Crippen LogP contribution in [0.5, 0.6) is 5.75 Å². The average Bonchev–Trinajstić information content (AvgIpc) is 2.62. The van der Waals surface area contributed by atoms with Crippen LogP contribution in [0.2, 0.25) is 0 Å². The summed E-state index contributed by atoms with van der Waals surface area (Å²) >= 11 is 0. The molecule has 0 aromatic heterocycles. The smallest absolute Gasteiger partial charge is 0.193 e. The Morgan fingerprint density at radius 3 is 2.24 bits per heavy atom. The van der Waals surface area contributed by atoms with Crippen LogP contribution in [0, 0.1) is 5.82 Å². The van der Waals surface area contributed by atoms with E-state index in [-0.39, 0.29) is 11.6 Å². The molecular weight excluding hydrogens is 317 g/mol. The van der Waals surface area contributed by atoms with E-state index >= 15 is 0 Å². The lowest BCUT2D eigenvalue weighted by molar-refractivity contribution is 0.103. The molecule has 0 saturated carbocycles. The number of benzene rings is 2. The number of carbonyl (C=O) groups is 1. The van der Waals surface area contributed by atoms with Crippen molar-refractivity contribution in [3.8, 4) is 5.75 Å². The Labute approximate surface area is 148 Å². The molecule has 0 atom stereocenters. The zero-order valence-corrected chi connectivity index (χ0v) is 14.3. The second-order valence-electron chi connectivity index (χ2n) is 5.65. The Hall–Kier alpha value is -2.72. The van der Waals surface area contributed by atoms with Crippen molar-refractivity contribution in [1.29, 1.82) is 0 Å². The van der Waals surface area contributed by atoms with Gasteiger partial charge in [0.1, 0.15) is 18.2 Å². The van der Waals surface area contributed by atoms with Crippen molar-refractivity contribution in [1.82, 2.24) is 4.90 Å². The minimum absolute atomic E-state index is 0.142. The number of carbonyl (C=O) groups excluding carboxylic acids is 1. The number of ether oxygens (including phenoxy) is 1. The molecule has 0 radical (unpaired) electrons. The summed E-state index contributed by atoms with van der Waals surface area (Å²) in [4.78, 5) is 14.4. The molecular formula is C21H22FNO2. The van der Waals surface area contributed by atoms with Gasteiger partial charge in [-0.15, -0.1) is 6.58 Å². The van der Waals surface area contributed by atoms with E-state index < -0.39 is 0 Å². The van der Waals surface area contributed by atoms with Gasteiger partial charge in [-0.25, -0.2) is 4.39 Å². The molecule has 3 nitrogen and oxygen atoms in total. The molecule has 130 valence electrons. The van der Waals surface area contributed by atoms with E-state index in [2.05, 4.69) is 11.5 Å². The highest BCUT2D eigenvalue weighted by molar-refractivity contribution is 6.08. The van der Waals surface area contributed by atoms with Crippen molar-refractivity contribution in [3.05, 3.63) is 90.3 Å². The minimum Gasteiger partial charge on any atom is -0.490 e. The number of hydrogen-bond donors (Lipinski definition) is 0. The molecule has 0 heterocycles. The maximum Gasteiger partial charge on any atom is 0.193 e. The Bertz CT molecular complexity index is 721. The van der Waals surface area contributed by atoms with Gasteiger partial charge in [0, 0.05) is 24.2 Å². The van der Waals surface area contributed by atoms with Crippen molar-refractivity contribution in [2.45, 2.75) is 0 Å². The zero-order valence-electron chi connectivity index (χ0n) is 14.3. The minimum atomic E-state index is -0.357. The standard InChI is InChI=1S/C21H22FNO2/c1-3-14-23(2)15-4-5-16-25-20-12-8-18(9-13-20)21(24)17-6-10-19(22)11-7-17/h3-13H,1,14-16H2,2H3/b5-4+. The van der Waals surface area contributed by atoms with Crippen molar-refractivity contribution < 1.29 is 13.9 Å². The summed E-state index contributed by atoms with van der Waals surface area (Å²) in [5.41, 5.74) is 1.00. The van der Waals surface area contributed by atoms with Crippen LogP contribution in [0.4, 0.5) is 4.39 Å². The molecule has 2 aromatic carbocycles. The Balaban J connectivity index is 1.85. The Kier molecular flexibility index (Phi) is 7.11. The SMILES string of the molecule is C=CCN(C)C/C=C/COc1ccc(C(=O)c2ccc(F)cc2)cc1. The van der Waals surface area contributed by atoms with E-state index in [4.69, 9.17) is 4.74 Å². The van der Waals surface area contributed by atoms with Gasteiger partial charge in [0.2, 0.25) is 0 Å². The van der Waals surface area contributed by atoms with Gasteiger partial charge in [0.05, 0.1) is 0 Å². The molecule has 4 heteroatoms. The lowest BCUT2D eigenvalue weighted by Gasteiger charge is -2.10. The molecule has 0 unspecified atom stereocenters. The monoisotopic (exact) mass is 339 g/mol. The fourth-order valence-electron chi connectivity index (χ4n) is 2.23. The number of rotatable bonds is 9. The van der Waals surface area contributed by atoms with Crippen LogP contribution in [0.25, 0.3) is 0 Å². The molecule has 0 saturated heterocycles. The molecule has 0 bridgehead atoms. The predicted molar refractivity (Wildman–Crippen MR) is 98.6 cm³/mol. The first kappa shape index (κ1) is 18.6. The van der Waals surface area contributed by atoms with Crippen LogP contribution in [0.15, 0.2) is 73.3 Å². The summed E-state index contributed by atoms with van der Waals surface area (Å²) in [7, 11) is 2.02. The number of nitrogens with zero attached hydrogens (tertiary/aromatic N) is 1. The van der Waals surface area contributed by atoms with Gasteiger partial charge in [-0.05, 0) is 55.6 Å². The molecule has 0 aliphatic heterocycles. The van der Waals surface area contributed by atoms with E-state index in [1.807, 2.05) is 25.3 Å². The van der Waals surface area contributed by atoms with Crippen LogP contribution in [0.3, 0.4) is 0 Å². The highest BCUT2D eigenvalue weighted by Crippen LogP contribution is 2.16. The zero-order chi connectivity index (χ0) is 18.1. The van der Waals surface area contributed by atoms with Crippen molar-refractivity contribution in [2.75, 3.05) is 26.7 Å². The first-order valence-electron chi connectivity index (χ1n) is 8.07. The normalized spacial score (nSPS) is 11.0. The third-order valence-electron chi connectivity index (χ3n) is 3.59. The van der Waals surface area contributed by atoms with Crippen molar-refractivity contribution in [3.63, 3.8) is 0 Å². The van der Waals surface area contributed by atoms with Crippen molar-refractivity contribution >= 4 is 5.78 Å². The summed E-state index contributed by atoms with van der Waals surface area (Å²) in [5.74, 6) is 0.195. The Morgan fingerprint density at radius 2 is 1.64 bits per heavy atom. The van der Waals surface area contributed by atoms with Crippen LogP contribution in [-0.2, 0) is 0 Å². The second kappa shape index (κ2) is 9.55. The number of halogens is 1. The van der Waals surface area contributed by atoms with Gasteiger partial charge in [-0.1, -0.05) is 18.2 Å². The van der Waals surface area contributed by atoms with E-state index in [9.17, 15) is 9.18 Å². The summed E-state index contributed by atoms with van der Waals surface area (Å²) in [6.07, 6.45) is 5.85. The summed E-state index contributed by atoms with van der Waals surface area (Å²) in [6.45, 7) is 5.84. The topological polar surface area (TPSA) is 29.5 Å². The lowest BCUT2D eigenvalue weighted by Crippen LogP contribution is -2.17. The van der Waals surface area contributed by atoms with Gasteiger partial charge in [-0.2, -0.15) is 0 Å². The number of likely N-dealkylation sites (N-methyl/N-ethyl adjacent to an activating group) is 1. The maximum absolute atomic E-state index is 12.9. The quantitative estimate of drug-likeness (QED) is 0.509. The third-order valence-corrected chi connectivity index (χ3v) is 3.59. The molecule has 2 aromatic rings. The van der Waals surface area contributed by atoms with Gasteiger partial charge < -0.3 is 4.74 Å². The maximum atomic E-state index is 12.9. The molecule has 0 aliphatic carbocycles. The van der Waals surface area contributed by atoms with E-state index in [1.165, 1.54) is 24.3 Å². The molecule has 0 fully saturated rings. The largest absolute Gasteiger partial charge is 0.490 e. The molecule has 0 aliphatic rings. The summed E-state index contributed by atoms with van der Waals surface area (Å²) < 4.78 is 18.5. The van der Waals surface area contributed by atoms with Crippen LogP contribution in [-0.4, -0.2) is 37.4 Å². The van der Waals surface area contributed by atoms with Gasteiger partial charge in [0.15, 0.2) is 5.78 Å². The highest BCUT2D eigenvalue weighted by Gasteiger charge is 2.09. The number of ketones is 1. The Morgan fingerprint density at radius 1 is 1.04 bits per heavy atom. The molecule has 0 amide bonds. The first-order valence-corrected chi connectivity index (χ1v) is 8.07. The highest BCUT2D eigenvalue weighted by atomic mass is 19.1. The molecule has 0 N–H and O–H groups in total. The third kappa shape index (κ3) is 6.01.